The van der Waals surface area contributed by atoms with Crippen molar-refractivity contribution in [3.63, 3.8) is 0 Å². The first kappa shape index (κ1) is 22.7. The highest BCUT2D eigenvalue weighted by Crippen LogP contribution is 2.30. The van der Waals surface area contributed by atoms with Crippen LogP contribution in [0, 0.1) is 6.92 Å². The van der Waals surface area contributed by atoms with Gasteiger partial charge >= 0.3 is 0 Å². The lowest BCUT2D eigenvalue weighted by molar-refractivity contribution is 0.279. The number of nitrogens with zero attached hydrogens (tertiary/aromatic N) is 1. The fourth-order valence-electron chi connectivity index (χ4n) is 3.08. The Hall–Kier alpha value is -1.97. The standard InChI is InChI=1S/C21H22ClNO5S2/c1-3-23(14-15-28-30(26,27)17-12-10-16(2)11-13-17)29(24,25)21-9-5-6-18-19(21)7-4-8-20(18)22/h4-13H,3,14-15H2,1-2H3. The SMILES string of the molecule is CCN(CCOS(=O)(=O)c1ccc(C)cc1)S(=O)(=O)c1cccc2c(Cl)cccc12. The summed E-state index contributed by atoms with van der Waals surface area (Å²) < 4.78 is 57.4. The highest BCUT2D eigenvalue weighted by Gasteiger charge is 2.26. The van der Waals surface area contributed by atoms with Gasteiger partial charge in [-0.2, -0.15) is 12.7 Å². The summed E-state index contributed by atoms with van der Waals surface area (Å²) >= 11 is 6.20. The van der Waals surface area contributed by atoms with Crippen LogP contribution in [0.4, 0.5) is 0 Å². The summed E-state index contributed by atoms with van der Waals surface area (Å²) in [7, 11) is -7.85. The molecule has 0 unspecified atom stereocenters. The molecule has 9 heteroatoms. The van der Waals surface area contributed by atoms with Crippen LogP contribution in [-0.2, 0) is 24.3 Å². The third kappa shape index (κ3) is 4.68. The Bertz CT molecular complexity index is 1260. The van der Waals surface area contributed by atoms with Gasteiger partial charge in [0.15, 0.2) is 0 Å². The Kier molecular flexibility index (Phi) is 6.84. The average Bonchev–Trinajstić information content (AvgIpc) is 2.71. The van der Waals surface area contributed by atoms with E-state index in [9.17, 15) is 16.8 Å². The van der Waals surface area contributed by atoms with Crippen LogP contribution in [0.1, 0.15) is 12.5 Å². The van der Waals surface area contributed by atoms with E-state index in [-0.39, 0.29) is 29.5 Å². The van der Waals surface area contributed by atoms with Crippen LogP contribution in [0.5, 0.6) is 0 Å². The van der Waals surface area contributed by atoms with Crippen LogP contribution >= 0.6 is 11.6 Å². The second kappa shape index (κ2) is 9.03. The van der Waals surface area contributed by atoms with E-state index in [1.807, 2.05) is 6.92 Å². The summed E-state index contributed by atoms with van der Waals surface area (Å²) in [5, 5.41) is 1.60. The monoisotopic (exact) mass is 467 g/mol. The maximum absolute atomic E-state index is 13.2. The van der Waals surface area contributed by atoms with Crippen molar-refractivity contribution in [1.29, 1.82) is 0 Å². The fraction of sp³-hybridized carbons (Fsp3) is 0.238. The Labute approximate surface area is 182 Å². The lowest BCUT2D eigenvalue weighted by Gasteiger charge is -2.21. The van der Waals surface area contributed by atoms with Crippen LogP contribution in [0.15, 0.2) is 70.5 Å². The molecule has 0 heterocycles. The van der Waals surface area contributed by atoms with Crippen molar-refractivity contribution in [3.05, 3.63) is 71.2 Å². The van der Waals surface area contributed by atoms with Crippen molar-refractivity contribution < 1.29 is 21.0 Å². The number of hydrogen-bond acceptors (Lipinski definition) is 5. The van der Waals surface area contributed by atoms with E-state index >= 15 is 0 Å². The van der Waals surface area contributed by atoms with Gasteiger partial charge < -0.3 is 0 Å². The molecule has 3 rings (SSSR count). The minimum Gasteiger partial charge on any atom is -0.265 e. The quantitative estimate of drug-likeness (QED) is 0.463. The zero-order chi connectivity index (χ0) is 21.9. The normalized spacial score (nSPS) is 12.5. The third-order valence-electron chi connectivity index (χ3n) is 4.69. The molecule has 0 aromatic heterocycles. The largest absolute Gasteiger partial charge is 0.297 e. The van der Waals surface area contributed by atoms with Crippen LogP contribution in [-0.4, -0.2) is 40.8 Å². The van der Waals surface area contributed by atoms with Crippen molar-refractivity contribution in [2.75, 3.05) is 19.7 Å². The molecule has 3 aromatic carbocycles. The van der Waals surface area contributed by atoms with E-state index < -0.39 is 20.1 Å². The van der Waals surface area contributed by atoms with Gasteiger partial charge in [-0.1, -0.05) is 60.5 Å². The Morgan fingerprint density at radius 3 is 2.20 bits per heavy atom. The first-order valence-corrected chi connectivity index (χ1v) is 12.5. The number of likely N-dealkylation sites (N-methyl/N-ethyl adjacent to an activating group) is 1. The van der Waals surface area contributed by atoms with Crippen LogP contribution < -0.4 is 0 Å². The molecule has 160 valence electrons. The molecule has 0 spiro atoms. The second-order valence-corrected chi connectivity index (χ2v) is 10.6. The van der Waals surface area contributed by atoms with Gasteiger partial charge in [-0.05, 0) is 31.2 Å². The van der Waals surface area contributed by atoms with E-state index in [0.29, 0.717) is 15.8 Å². The number of halogens is 1. The lowest BCUT2D eigenvalue weighted by Crippen LogP contribution is -2.34. The van der Waals surface area contributed by atoms with Gasteiger partial charge in [-0.15, -0.1) is 0 Å². The third-order valence-corrected chi connectivity index (χ3v) is 8.38. The van der Waals surface area contributed by atoms with Crippen LogP contribution in [0.25, 0.3) is 10.8 Å². The number of rotatable bonds is 8. The molecule has 30 heavy (non-hydrogen) atoms. The summed E-state index contributed by atoms with van der Waals surface area (Å²) in [5.41, 5.74) is 0.924. The lowest BCUT2D eigenvalue weighted by atomic mass is 10.1. The molecule has 0 saturated carbocycles. The second-order valence-electron chi connectivity index (χ2n) is 6.68. The van der Waals surface area contributed by atoms with Crippen molar-refractivity contribution in [1.82, 2.24) is 4.31 Å². The minimum absolute atomic E-state index is 0.0303. The molecule has 0 saturated heterocycles. The molecule has 0 aliphatic heterocycles. The van der Waals surface area contributed by atoms with E-state index in [1.165, 1.54) is 22.5 Å². The van der Waals surface area contributed by atoms with E-state index in [2.05, 4.69) is 0 Å². The van der Waals surface area contributed by atoms with Gasteiger partial charge in [-0.3, -0.25) is 4.18 Å². The molecule has 0 amide bonds. The van der Waals surface area contributed by atoms with Crippen molar-refractivity contribution in [3.8, 4) is 0 Å². The van der Waals surface area contributed by atoms with Gasteiger partial charge in [0.25, 0.3) is 10.1 Å². The summed E-state index contributed by atoms with van der Waals surface area (Å²) in [6, 6.07) is 16.2. The molecule has 0 radical (unpaired) electrons. The molecule has 0 N–H and O–H groups in total. The summed E-state index contributed by atoms with van der Waals surface area (Å²) in [5.74, 6) is 0. The first-order chi connectivity index (χ1) is 14.2. The van der Waals surface area contributed by atoms with Gasteiger partial charge in [0.2, 0.25) is 10.0 Å². The number of sulfonamides is 1. The summed E-state index contributed by atoms with van der Waals surface area (Å²) in [6.07, 6.45) is 0. The molecule has 0 aliphatic rings. The first-order valence-electron chi connectivity index (χ1n) is 9.30. The minimum atomic E-state index is -3.97. The number of aryl methyl sites for hydroxylation is 1. The van der Waals surface area contributed by atoms with E-state index in [4.69, 9.17) is 15.8 Å². The van der Waals surface area contributed by atoms with Gasteiger partial charge in [0.1, 0.15) is 0 Å². The van der Waals surface area contributed by atoms with E-state index in [1.54, 1.807) is 49.4 Å². The summed E-state index contributed by atoms with van der Waals surface area (Å²) in [6.45, 7) is 3.29. The molecule has 0 atom stereocenters. The summed E-state index contributed by atoms with van der Waals surface area (Å²) in [4.78, 5) is 0.147. The highest BCUT2D eigenvalue weighted by atomic mass is 35.5. The van der Waals surface area contributed by atoms with Gasteiger partial charge in [-0.25, -0.2) is 8.42 Å². The maximum Gasteiger partial charge on any atom is 0.297 e. The Morgan fingerprint density at radius 1 is 0.900 bits per heavy atom. The van der Waals surface area contributed by atoms with Crippen molar-refractivity contribution >= 4 is 42.5 Å². The zero-order valence-corrected chi connectivity index (χ0v) is 19.0. The fourth-order valence-corrected chi connectivity index (χ4v) is 5.85. The zero-order valence-electron chi connectivity index (χ0n) is 16.6. The molecule has 0 aliphatic carbocycles. The topological polar surface area (TPSA) is 80.8 Å². The van der Waals surface area contributed by atoms with Crippen LogP contribution in [0.2, 0.25) is 5.02 Å². The number of benzene rings is 3. The maximum atomic E-state index is 13.2. The van der Waals surface area contributed by atoms with E-state index in [0.717, 1.165) is 5.56 Å². The van der Waals surface area contributed by atoms with Gasteiger partial charge in [0.05, 0.1) is 16.4 Å². The molecule has 0 bridgehead atoms. The Morgan fingerprint density at radius 2 is 1.53 bits per heavy atom. The molecule has 6 nitrogen and oxygen atoms in total. The predicted octanol–water partition coefficient (Wildman–Crippen LogP) is 4.22. The number of hydrogen-bond donors (Lipinski definition) is 0. The molecular formula is C21H22ClNO5S2. The van der Waals surface area contributed by atoms with Gasteiger partial charge in [0, 0.05) is 28.9 Å². The molecular weight excluding hydrogens is 446 g/mol. The highest BCUT2D eigenvalue weighted by molar-refractivity contribution is 7.89. The predicted molar refractivity (Wildman–Crippen MR) is 118 cm³/mol. The Balaban J connectivity index is 1.81. The number of fused-ring (bicyclic) bond motifs is 1. The molecule has 3 aromatic rings. The van der Waals surface area contributed by atoms with Crippen molar-refractivity contribution in [2.45, 2.75) is 23.6 Å². The van der Waals surface area contributed by atoms with Crippen LogP contribution in [0.3, 0.4) is 0 Å². The molecule has 0 fully saturated rings. The smallest absolute Gasteiger partial charge is 0.265 e. The average molecular weight is 468 g/mol. The van der Waals surface area contributed by atoms with Crippen molar-refractivity contribution in [2.24, 2.45) is 0 Å².